The van der Waals surface area contributed by atoms with Crippen LogP contribution >= 0.6 is 23.4 Å². The Balaban J connectivity index is 1.95. The first-order valence-electron chi connectivity index (χ1n) is 7.79. The summed E-state index contributed by atoms with van der Waals surface area (Å²) in [5, 5.41) is 3.90. The van der Waals surface area contributed by atoms with E-state index in [9.17, 15) is 13.2 Å². The van der Waals surface area contributed by atoms with E-state index in [4.69, 9.17) is 11.6 Å². The van der Waals surface area contributed by atoms with Crippen LogP contribution in [0.25, 0.3) is 0 Å². The molecule has 0 aliphatic carbocycles. The molecule has 0 bridgehead atoms. The van der Waals surface area contributed by atoms with Crippen molar-refractivity contribution in [2.75, 3.05) is 13.1 Å². The molecule has 0 radical (unpaired) electrons. The molecule has 6 heteroatoms. The zero-order chi connectivity index (χ0) is 17.2. The molecule has 128 valence electrons. The van der Waals surface area contributed by atoms with E-state index in [2.05, 4.69) is 5.32 Å². The molecule has 0 spiro atoms. The zero-order valence-corrected chi connectivity index (χ0v) is 14.4. The summed E-state index contributed by atoms with van der Waals surface area (Å²) < 4.78 is 39.3. The lowest BCUT2D eigenvalue weighted by Crippen LogP contribution is -2.27. The van der Waals surface area contributed by atoms with Gasteiger partial charge >= 0.3 is 6.18 Å². The molecule has 1 saturated heterocycles. The summed E-state index contributed by atoms with van der Waals surface area (Å²) >= 11 is 7.39. The molecule has 3 rings (SSSR count). The van der Waals surface area contributed by atoms with Gasteiger partial charge in [-0.15, -0.1) is 0 Å². The van der Waals surface area contributed by atoms with E-state index < -0.39 is 11.7 Å². The monoisotopic (exact) mass is 371 g/mol. The van der Waals surface area contributed by atoms with Crippen molar-refractivity contribution in [2.45, 2.75) is 34.7 Å². The fourth-order valence-corrected chi connectivity index (χ4v) is 4.03. The quantitative estimate of drug-likeness (QED) is 0.712. The third-order valence-electron chi connectivity index (χ3n) is 4.16. The predicted octanol–water partition coefficient (Wildman–Crippen LogP) is 5.98. The van der Waals surface area contributed by atoms with Crippen molar-refractivity contribution in [3.8, 4) is 0 Å². The van der Waals surface area contributed by atoms with Gasteiger partial charge in [0.1, 0.15) is 0 Å². The van der Waals surface area contributed by atoms with E-state index in [1.165, 1.54) is 23.9 Å². The van der Waals surface area contributed by atoms with E-state index in [-0.39, 0.29) is 5.92 Å². The molecule has 2 aromatic rings. The van der Waals surface area contributed by atoms with E-state index in [0.717, 1.165) is 41.3 Å². The number of rotatable bonds is 3. The molecule has 1 nitrogen and oxygen atoms in total. The predicted molar refractivity (Wildman–Crippen MR) is 91.9 cm³/mol. The van der Waals surface area contributed by atoms with E-state index in [1.54, 1.807) is 18.2 Å². The maximum atomic E-state index is 13.1. The van der Waals surface area contributed by atoms with Crippen LogP contribution in [0.3, 0.4) is 0 Å². The standard InChI is InChI=1S/C18H17ClF3NS/c19-14-2-4-15(5-3-14)24-17-6-1-13(18(20,21)22)11-16(17)12-7-9-23-10-8-12/h1-6,11-12,23H,7-10H2. The van der Waals surface area contributed by atoms with Crippen LogP contribution in [0.2, 0.25) is 5.02 Å². The number of piperidine rings is 1. The Hall–Kier alpha value is -1.17. The SMILES string of the molecule is FC(F)(F)c1ccc(Sc2ccc(Cl)cc2)c(C2CCNCC2)c1. The summed E-state index contributed by atoms with van der Waals surface area (Å²) in [4.78, 5) is 1.85. The van der Waals surface area contributed by atoms with Gasteiger partial charge in [0.25, 0.3) is 0 Å². The van der Waals surface area contributed by atoms with Gasteiger partial charge in [0.2, 0.25) is 0 Å². The minimum absolute atomic E-state index is 0.156. The maximum absolute atomic E-state index is 13.1. The minimum Gasteiger partial charge on any atom is -0.317 e. The number of benzene rings is 2. The molecule has 0 unspecified atom stereocenters. The van der Waals surface area contributed by atoms with Gasteiger partial charge in [0, 0.05) is 14.8 Å². The van der Waals surface area contributed by atoms with Gasteiger partial charge in [-0.2, -0.15) is 13.2 Å². The molecule has 0 saturated carbocycles. The van der Waals surface area contributed by atoms with Crippen molar-refractivity contribution in [3.63, 3.8) is 0 Å². The Labute approximate surface area is 148 Å². The molecule has 1 fully saturated rings. The number of halogens is 4. The van der Waals surface area contributed by atoms with Crippen LogP contribution < -0.4 is 5.32 Å². The molecule has 0 aromatic heterocycles. The van der Waals surface area contributed by atoms with Gasteiger partial charge in [-0.3, -0.25) is 0 Å². The Bertz CT molecular complexity index is 694. The molecule has 1 heterocycles. The molecule has 0 atom stereocenters. The highest BCUT2D eigenvalue weighted by molar-refractivity contribution is 7.99. The van der Waals surface area contributed by atoms with Crippen LogP contribution in [0, 0.1) is 0 Å². The summed E-state index contributed by atoms with van der Waals surface area (Å²) in [5.41, 5.74) is 0.225. The van der Waals surface area contributed by atoms with Gasteiger partial charge in [-0.1, -0.05) is 23.4 Å². The third kappa shape index (κ3) is 4.26. The Morgan fingerprint density at radius 2 is 1.67 bits per heavy atom. The molecular weight excluding hydrogens is 355 g/mol. The Morgan fingerprint density at radius 1 is 1.00 bits per heavy atom. The van der Waals surface area contributed by atoms with Crippen molar-refractivity contribution >= 4 is 23.4 Å². The Kier molecular flexibility index (Phi) is 5.42. The lowest BCUT2D eigenvalue weighted by molar-refractivity contribution is -0.137. The number of alkyl halides is 3. The highest BCUT2D eigenvalue weighted by Gasteiger charge is 2.32. The Morgan fingerprint density at radius 3 is 2.29 bits per heavy atom. The zero-order valence-electron chi connectivity index (χ0n) is 12.9. The van der Waals surface area contributed by atoms with E-state index >= 15 is 0 Å². The summed E-state index contributed by atoms with van der Waals surface area (Å²) in [6.45, 7) is 1.68. The second-order valence-electron chi connectivity index (χ2n) is 5.83. The number of nitrogens with one attached hydrogen (secondary N) is 1. The fourth-order valence-electron chi connectivity index (χ4n) is 2.90. The second kappa shape index (κ2) is 7.38. The summed E-state index contributed by atoms with van der Waals surface area (Å²) in [6.07, 6.45) is -2.60. The molecule has 2 aromatic carbocycles. The first-order chi connectivity index (χ1) is 11.4. The highest BCUT2D eigenvalue weighted by atomic mass is 35.5. The summed E-state index contributed by atoms with van der Waals surface area (Å²) in [5.74, 6) is 0.156. The van der Waals surface area contributed by atoms with Crippen molar-refractivity contribution in [2.24, 2.45) is 0 Å². The summed E-state index contributed by atoms with van der Waals surface area (Å²) in [6, 6.07) is 11.4. The normalized spacial score (nSPS) is 16.3. The van der Waals surface area contributed by atoms with Crippen molar-refractivity contribution in [1.29, 1.82) is 0 Å². The molecule has 0 amide bonds. The van der Waals surface area contributed by atoms with Gasteiger partial charge in [-0.05, 0) is 79.9 Å². The van der Waals surface area contributed by atoms with Crippen LogP contribution in [0.5, 0.6) is 0 Å². The molecular formula is C18H17ClF3NS. The van der Waals surface area contributed by atoms with Gasteiger partial charge < -0.3 is 5.32 Å². The number of hydrogen-bond donors (Lipinski definition) is 1. The first kappa shape index (κ1) is 17.6. The van der Waals surface area contributed by atoms with Crippen LogP contribution in [0.1, 0.15) is 29.9 Å². The van der Waals surface area contributed by atoms with Crippen molar-refractivity contribution < 1.29 is 13.2 Å². The topological polar surface area (TPSA) is 12.0 Å². The largest absolute Gasteiger partial charge is 0.416 e. The summed E-state index contributed by atoms with van der Waals surface area (Å²) in [7, 11) is 0. The lowest BCUT2D eigenvalue weighted by Gasteiger charge is -2.26. The van der Waals surface area contributed by atoms with Gasteiger partial charge in [0.15, 0.2) is 0 Å². The first-order valence-corrected chi connectivity index (χ1v) is 8.98. The van der Waals surface area contributed by atoms with Gasteiger partial charge in [-0.25, -0.2) is 0 Å². The molecule has 1 aliphatic heterocycles. The van der Waals surface area contributed by atoms with Crippen molar-refractivity contribution in [3.05, 3.63) is 58.6 Å². The minimum atomic E-state index is -4.31. The second-order valence-corrected chi connectivity index (χ2v) is 7.38. The maximum Gasteiger partial charge on any atom is 0.416 e. The smallest absolute Gasteiger partial charge is 0.317 e. The highest BCUT2D eigenvalue weighted by Crippen LogP contribution is 2.40. The van der Waals surface area contributed by atoms with Crippen LogP contribution in [-0.2, 0) is 6.18 Å². The average molecular weight is 372 g/mol. The lowest BCUT2D eigenvalue weighted by atomic mass is 9.89. The van der Waals surface area contributed by atoms with Crippen LogP contribution in [0.15, 0.2) is 52.3 Å². The molecule has 1 aliphatic rings. The van der Waals surface area contributed by atoms with Crippen molar-refractivity contribution in [1.82, 2.24) is 5.32 Å². The third-order valence-corrected chi connectivity index (χ3v) is 5.51. The van der Waals surface area contributed by atoms with Crippen LogP contribution in [-0.4, -0.2) is 13.1 Å². The fraction of sp³-hybridized carbons (Fsp3) is 0.333. The molecule has 1 N–H and O–H groups in total. The number of hydrogen-bond acceptors (Lipinski definition) is 2. The van der Waals surface area contributed by atoms with Crippen LogP contribution in [0.4, 0.5) is 13.2 Å². The van der Waals surface area contributed by atoms with E-state index in [1.807, 2.05) is 12.1 Å². The van der Waals surface area contributed by atoms with Gasteiger partial charge in [0.05, 0.1) is 5.56 Å². The average Bonchev–Trinajstić information content (AvgIpc) is 2.57. The molecule has 24 heavy (non-hydrogen) atoms. The van der Waals surface area contributed by atoms with E-state index in [0.29, 0.717) is 5.02 Å².